The van der Waals surface area contributed by atoms with Gasteiger partial charge in [-0.3, -0.25) is 4.79 Å². The van der Waals surface area contributed by atoms with Crippen LogP contribution in [0.15, 0.2) is 12.2 Å². The lowest BCUT2D eigenvalue weighted by Gasteiger charge is -2.37. The zero-order chi connectivity index (χ0) is 13.2. The molecule has 2 unspecified atom stereocenters. The second-order valence-electron chi connectivity index (χ2n) is 5.12. The van der Waals surface area contributed by atoms with Crippen molar-refractivity contribution in [1.29, 1.82) is 0 Å². The first-order valence-corrected chi connectivity index (χ1v) is 5.49. The van der Waals surface area contributed by atoms with Crippen molar-refractivity contribution in [3.8, 4) is 0 Å². The Bertz CT molecular complexity index is 343. The van der Waals surface area contributed by atoms with Crippen molar-refractivity contribution in [2.24, 2.45) is 5.92 Å². The first-order chi connectivity index (χ1) is 7.74. The molecule has 1 aliphatic carbocycles. The quantitative estimate of drug-likeness (QED) is 0.589. The molecule has 1 rings (SSSR count). The third-order valence-corrected chi connectivity index (χ3v) is 2.48. The number of ether oxygens (including phenoxy) is 2. The number of methoxy groups -OCH3 is 1. The zero-order valence-electron chi connectivity index (χ0n) is 10.7. The van der Waals surface area contributed by atoms with Crippen LogP contribution in [0.1, 0.15) is 27.2 Å². The third-order valence-electron chi connectivity index (χ3n) is 2.48. The van der Waals surface area contributed by atoms with Gasteiger partial charge < -0.3 is 14.8 Å². The van der Waals surface area contributed by atoms with Crippen LogP contribution in [0.3, 0.4) is 0 Å². The molecule has 0 bridgehead atoms. The fourth-order valence-corrected chi connectivity index (χ4v) is 1.70. The number of rotatable bonds is 2. The summed E-state index contributed by atoms with van der Waals surface area (Å²) in [6.07, 6.45) is 0.0582. The molecule has 0 heterocycles. The van der Waals surface area contributed by atoms with Crippen LogP contribution in [0.5, 0.6) is 0 Å². The van der Waals surface area contributed by atoms with Crippen LogP contribution in [0.4, 0.5) is 4.79 Å². The molecule has 96 valence electrons. The summed E-state index contributed by atoms with van der Waals surface area (Å²) >= 11 is 0. The molecule has 2 atom stereocenters. The monoisotopic (exact) mass is 241 g/mol. The van der Waals surface area contributed by atoms with E-state index in [0.717, 1.165) is 5.57 Å². The van der Waals surface area contributed by atoms with E-state index in [-0.39, 0.29) is 12.0 Å². The third kappa shape index (κ3) is 3.47. The molecule has 0 aromatic rings. The highest BCUT2D eigenvalue weighted by molar-refractivity contribution is 5.80. The van der Waals surface area contributed by atoms with Gasteiger partial charge in [-0.1, -0.05) is 12.2 Å². The molecule has 0 aromatic carbocycles. The van der Waals surface area contributed by atoms with E-state index < -0.39 is 17.6 Å². The van der Waals surface area contributed by atoms with Gasteiger partial charge in [0.1, 0.15) is 5.60 Å². The number of esters is 1. The van der Waals surface area contributed by atoms with E-state index in [1.54, 1.807) is 20.8 Å². The number of alkyl carbamates (subject to hydrolysis) is 1. The van der Waals surface area contributed by atoms with Gasteiger partial charge in [-0.15, -0.1) is 0 Å². The summed E-state index contributed by atoms with van der Waals surface area (Å²) in [4.78, 5) is 22.9. The number of nitrogens with one attached hydrogen (secondary N) is 1. The zero-order valence-corrected chi connectivity index (χ0v) is 10.7. The Morgan fingerprint density at radius 2 is 2.00 bits per heavy atom. The van der Waals surface area contributed by atoms with E-state index in [1.807, 2.05) is 0 Å². The highest BCUT2D eigenvalue weighted by Gasteiger charge is 2.42. The Kier molecular flexibility index (Phi) is 3.80. The average molecular weight is 241 g/mol. The van der Waals surface area contributed by atoms with Crippen molar-refractivity contribution in [2.75, 3.05) is 7.11 Å². The highest BCUT2D eigenvalue weighted by atomic mass is 16.6. The Morgan fingerprint density at radius 3 is 2.41 bits per heavy atom. The summed E-state index contributed by atoms with van der Waals surface area (Å²) in [5.41, 5.74) is 0.226. The standard InChI is InChI=1S/C12H19NO4/c1-7-6-8(9(7)10(14)16-5)13-11(15)17-12(2,3)4/h8-9H,1,6H2,2-5H3,(H,13,15). The highest BCUT2D eigenvalue weighted by Crippen LogP contribution is 2.33. The van der Waals surface area contributed by atoms with E-state index in [2.05, 4.69) is 16.6 Å². The summed E-state index contributed by atoms with van der Waals surface area (Å²) in [7, 11) is 1.32. The Morgan fingerprint density at radius 1 is 1.41 bits per heavy atom. The van der Waals surface area contributed by atoms with E-state index in [0.29, 0.717) is 6.42 Å². The van der Waals surface area contributed by atoms with Crippen molar-refractivity contribution < 1.29 is 19.1 Å². The molecule has 5 heteroatoms. The van der Waals surface area contributed by atoms with Crippen LogP contribution in [0, 0.1) is 5.92 Å². The average Bonchev–Trinajstić information content (AvgIpc) is 2.13. The lowest BCUT2D eigenvalue weighted by atomic mass is 9.75. The molecule has 1 N–H and O–H groups in total. The molecule has 0 aromatic heterocycles. The summed E-state index contributed by atoms with van der Waals surface area (Å²) in [5, 5.41) is 2.65. The van der Waals surface area contributed by atoms with Gasteiger partial charge >= 0.3 is 12.1 Å². The van der Waals surface area contributed by atoms with Gasteiger partial charge in [-0.05, 0) is 27.2 Å². The Hall–Kier alpha value is -1.52. The molecule has 17 heavy (non-hydrogen) atoms. The minimum atomic E-state index is -0.550. The normalized spacial score (nSPS) is 23.6. The minimum absolute atomic E-state index is 0.273. The molecule has 1 fully saturated rings. The van der Waals surface area contributed by atoms with E-state index in [4.69, 9.17) is 4.74 Å². The first-order valence-electron chi connectivity index (χ1n) is 5.49. The molecule has 1 aliphatic rings. The predicted octanol–water partition coefficient (Wildman–Crippen LogP) is 1.63. The molecule has 5 nitrogen and oxygen atoms in total. The van der Waals surface area contributed by atoms with E-state index >= 15 is 0 Å². The maximum Gasteiger partial charge on any atom is 0.407 e. The summed E-state index contributed by atoms with van der Waals surface area (Å²) < 4.78 is 9.75. The summed E-state index contributed by atoms with van der Waals surface area (Å²) in [5.74, 6) is -0.824. The molecule has 1 saturated carbocycles. The number of carbonyl (C=O) groups excluding carboxylic acids is 2. The van der Waals surface area contributed by atoms with Crippen LogP contribution >= 0.6 is 0 Å². The maximum absolute atomic E-state index is 11.5. The SMILES string of the molecule is C=C1CC(NC(=O)OC(C)(C)C)C1C(=O)OC. The summed E-state index contributed by atoms with van der Waals surface area (Å²) in [6.45, 7) is 9.10. The smallest absolute Gasteiger partial charge is 0.407 e. The lowest BCUT2D eigenvalue weighted by molar-refractivity contribution is -0.146. The van der Waals surface area contributed by atoms with Crippen LogP contribution in [-0.4, -0.2) is 30.8 Å². The number of amides is 1. The number of carbonyl (C=O) groups is 2. The molecule has 0 aliphatic heterocycles. The summed E-state index contributed by atoms with van der Waals surface area (Å²) in [6, 6.07) is -0.273. The number of hydrogen-bond donors (Lipinski definition) is 1. The second kappa shape index (κ2) is 4.77. The van der Waals surface area contributed by atoms with Gasteiger partial charge in [0.15, 0.2) is 0 Å². The fraction of sp³-hybridized carbons (Fsp3) is 0.667. The predicted molar refractivity (Wildman–Crippen MR) is 62.4 cm³/mol. The molecule has 0 saturated heterocycles. The van der Waals surface area contributed by atoms with Gasteiger partial charge in [0.25, 0.3) is 0 Å². The lowest BCUT2D eigenvalue weighted by Crippen LogP contribution is -2.52. The van der Waals surface area contributed by atoms with Crippen LogP contribution in [0.2, 0.25) is 0 Å². The maximum atomic E-state index is 11.5. The first kappa shape index (κ1) is 13.5. The van der Waals surface area contributed by atoms with Crippen molar-refractivity contribution >= 4 is 12.1 Å². The van der Waals surface area contributed by atoms with Crippen LogP contribution in [-0.2, 0) is 14.3 Å². The van der Waals surface area contributed by atoms with Crippen molar-refractivity contribution in [3.05, 3.63) is 12.2 Å². The molecular formula is C12H19NO4. The second-order valence-corrected chi connectivity index (χ2v) is 5.12. The van der Waals surface area contributed by atoms with Crippen molar-refractivity contribution in [3.63, 3.8) is 0 Å². The van der Waals surface area contributed by atoms with E-state index in [1.165, 1.54) is 7.11 Å². The molecule has 0 spiro atoms. The van der Waals surface area contributed by atoms with Crippen molar-refractivity contribution in [2.45, 2.75) is 38.8 Å². The van der Waals surface area contributed by atoms with Crippen LogP contribution in [0.25, 0.3) is 0 Å². The molecule has 1 amide bonds. The topological polar surface area (TPSA) is 64.6 Å². The Balaban J connectivity index is 2.50. The Labute approximate surface area is 101 Å². The number of hydrogen-bond acceptors (Lipinski definition) is 4. The van der Waals surface area contributed by atoms with Crippen molar-refractivity contribution in [1.82, 2.24) is 5.32 Å². The molecule has 0 radical (unpaired) electrons. The van der Waals surface area contributed by atoms with Gasteiger partial charge in [0, 0.05) is 0 Å². The van der Waals surface area contributed by atoms with Gasteiger partial charge in [0.2, 0.25) is 0 Å². The van der Waals surface area contributed by atoms with Gasteiger partial charge in [0.05, 0.1) is 19.1 Å². The largest absolute Gasteiger partial charge is 0.468 e. The molecular weight excluding hydrogens is 222 g/mol. The van der Waals surface area contributed by atoms with E-state index in [9.17, 15) is 9.59 Å². The fourth-order valence-electron chi connectivity index (χ4n) is 1.70. The minimum Gasteiger partial charge on any atom is -0.468 e. The van der Waals surface area contributed by atoms with Gasteiger partial charge in [-0.2, -0.15) is 0 Å². The van der Waals surface area contributed by atoms with Crippen LogP contribution < -0.4 is 5.32 Å². The van der Waals surface area contributed by atoms with Gasteiger partial charge in [-0.25, -0.2) is 4.79 Å².